The van der Waals surface area contributed by atoms with Crippen molar-refractivity contribution in [1.82, 2.24) is 20.7 Å². The van der Waals surface area contributed by atoms with Crippen molar-refractivity contribution in [3.05, 3.63) is 65.7 Å². The van der Waals surface area contributed by atoms with Crippen molar-refractivity contribution < 1.29 is 19.1 Å². The Morgan fingerprint density at radius 2 is 1.91 bits per heavy atom. The maximum Gasteiger partial charge on any atom is 0.344 e. The van der Waals surface area contributed by atoms with Gasteiger partial charge in [0.25, 0.3) is 5.91 Å². The number of nitrogens with zero attached hydrogens (tertiary/aromatic N) is 2. The lowest BCUT2D eigenvalue weighted by Gasteiger charge is -2.22. The van der Waals surface area contributed by atoms with E-state index in [2.05, 4.69) is 15.7 Å². The maximum atomic E-state index is 13.0. The van der Waals surface area contributed by atoms with Crippen LogP contribution in [0.4, 0.5) is 4.79 Å². The van der Waals surface area contributed by atoms with Crippen LogP contribution in [0.2, 0.25) is 0 Å². The summed E-state index contributed by atoms with van der Waals surface area (Å²) in [7, 11) is 1.54. The van der Waals surface area contributed by atoms with Gasteiger partial charge < -0.3 is 10.1 Å². The molecule has 9 heteroatoms. The van der Waals surface area contributed by atoms with Gasteiger partial charge in [0, 0.05) is 5.39 Å². The molecule has 2 aromatic carbocycles. The second kappa shape index (κ2) is 8.51. The molecule has 2 heterocycles. The molecule has 3 aromatic rings. The number of amides is 4. The summed E-state index contributed by atoms with van der Waals surface area (Å²) in [5.74, 6) is -0.411. The van der Waals surface area contributed by atoms with E-state index in [1.165, 1.54) is 11.8 Å². The van der Waals surface area contributed by atoms with Gasteiger partial charge in [-0.05, 0) is 49.2 Å². The van der Waals surface area contributed by atoms with Crippen LogP contribution in [-0.4, -0.2) is 40.7 Å². The number of hydrogen-bond donors (Lipinski definition) is 2. The van der Waals surface area contributed by atoms with E-state index in [-0.39, 0.29) is 5.75 Å². The number of pyridine rings is 1. The van der Waals surface area contributed by atoms with Crippen molar-refractivity contribution in [2.45, 2.75) is 24.4 Å². The van der Waals surface area contributed by atoms with E-state index in [1.54, 1.807) is 38.3 Å². The number of hydrogen-bond acceptors (Lipinski definition) is 6. The Morgan fingerprint density at radius 1 is 1.19 bits per heavy atom. The molecule has 32 heavy (non-hydrogen) atoms. The average molecular weight is 451 g/mol. The van der Waals surface area contributed by atoms with E-state index >= 15 is 0 Å². The molecule has 8 nitrogen and oxygen atoms in total. The minimum absolute atomic E-state index is 0.00108. The van der Waals surface area contributed by atoms with Crippen molar-refractivity contribution in [2.24, 2.45) is 0 Å². The molecule has 1 aliphatic rings. The van der Waals surface area contributed by atoms with Crippen LogP contribution in [0.5, 0.6) is 5.75 Å². The van der Waals surface area contributed by atoms with Gasteiger partial charge >= 0.3 is 6.03 Å². The number of aromatic nitrogens is 1. The molecule has 1 unspecified atom stereocenters. The zero-order valence-corrected chi connectivity index (χ0v) is 18.7. The van der Waals surface area contributed by atoms with Crippen LogP contribution in [0, 0.1) is 6.92 Å². The average Bonchev–Trinajstić information content (AvgIpc) is 3.01. The Balaban J connectivity index is 1.43. The van der Waals surface area contributed by atoms with Crippen LogP contribution in [0.15, 0.2) is 59.6 Å². The van der Waals surface area contributed by atoms with Gasteiger partial charge in [-0.1, -0.05) is 42.1 Å². The number of methoxy groups -OCH3 is 1. The van der Waals surface area contributed by atoms with E-state index in [1.807, 2.05) is 37.3 Å². The summed E-state index contributed by atoms with van der Waals surface area (Å²) < 4.78 is 5.13. The molecular weight excluding hydrogens is 428 g/mol. The van der Waals surface area contributed by atoms with E-state index in [4.69, 9.17) is 4.74 Å². The minimum atomic E-state index is -1.29. The molecule has 4 rings (SSSR count). The topological polar surface area (TPSA) is 101 Å². The number of ether oxygens (including phenoxy) is 1. The first-order valence-electron chi connectivity index (χ1n) is 9.92. The molecule has 0 bridgehead atoms. The number of fused-ring (bicyclic) bond motifs is 1. The van der Waals surface area contributed by atoms with Crippen LogP contribution < -0.4 is 15.5 Å². The van der Waals surface area contributed by atoms with Gasteiger partial charge in [-0.15, -0.1) is 0 Å². The molecule has 0 radical (unpaired) electrons. The number of carbonyl (C=O) groups is 3. The third-order valence-corrected chi connectivity index (χ3v) is 6.26. The normalized spacial score (nSPS) is 18.0. The summed E-state index contributed by atoms with van der Waals surface area (Å²) in [5.41, 5.74) is 3.60. The first-order valence-corrected chi connectivity index (χ1v) is 10.9. The Labute approximate surface area is 189 Å². The number of imide groups is 1. The predicted octanol–water partition coefficient (Wildman–Crippen LogP) is 3.14. The third kappa shape index (κ3) is 3.99. The fraction of sp³-hybridized carbons (Fsp3) is 0.217. The first-order chi connectivity index (χ1) is 15.3. The lowest BCUT2D eigenvalue weighted by Crippen LogP contribution is -2.48. The SMILES string of the molecule is COc1ccc(C2(C)NC(=O)N(NC(=O)CSc3cc(C)c4ccccc4n3)C2=O)cc1. The van der Waals surface area contributed by atoms with Gasteiger partial charge in [-0.25, -0.2) is 9.78 Å². The van der Waals surface area contributed by atoms with Gasteiger partial charge in [0.2, 0.25) is 5.91 Å². The number of nitrogens with one attached hydrogen (secondary N) is 2. The molecule has 1 atom stereocenters. The molecule has 1 aromatic heterocycles. The summed E-state index contributed by atoms with van der Waals surface area (Å²) in [6, 6.07) is 15.8. The van der Waals surface area contributed by atoms with E-state index < -0.39 is 23.4 Å². The first kappa shape index (κ1) is 21.6. The smallest absolute Gasteiger partial charge is 0.344 e. The fourth-order valence-electron chi connectivity index (χ4n) is 3.55. The Bertz CT molecular complexity index is 1210. The van der Waals surface area contributed by atoms with Crippen LogP contribution in [-0.2, 0) is 15.1 Å². The van der Waals surface area contributed by atoms with Gasteiger partial charge in [0.05, 0.1) is 23.4 Å². The zero-order valence-electron chi connectivity index (χ0n) is 17.8. The minimum Gasteiger partial charge on any atom is -0.497 e. The highest BCUT2D eigenvalue weighted by Gasteiger charge is 2.50. The summed E-state index contributed by atoms with van der Waals surface area (Å²) in [6.07, 6.45) is 0. The van der Waals surface area contributed by atoms with Crippen LogP contribution >= 0.6 is 11.8 Å². The lowest BCUT2D eigenvalue weighted by atomic mass is 9.92. The van der Waals surface area contributed by atoms with Crippen molar-refractivity contribution in [2.75, 3.05) is 12.9 Å². The fourth-order valence-corrected chi connectivity index (χ4v) is 4.32. The second-order valence-electron chi connectivity index (χ2n) is 7.54. The van der Waals surface area contributed by atoms with Gasteiger partial charge in [-0.2, -0.15) is 5.01 Å². The van der Waals surface area contributed by atoms with E-state index in [0.717, 1.165) is 21.5 Å². The number of carbonyl (C=O) groups excluding carboxylic acids is 3. The highest BCUT2D eigenvalue weighted by Crippen LogP contribution is 2.29. The largest absolute Gasteiger partial charge is 0.497 e. The molecule has 4 amide bonds. The van der Waals surface area contributed by atoms with Gasteiger partial charge in [0.15, 0.2) is 0 Å². The van der Waals surface area contributed by atoms with Crippen LogP contribution in [0.3, 0.4) is 0 Å². The van der Waals surface area contributed by atoms with Crippen LogP contribution in [0.25, 0.3) is 10.9 Å². The van der Waals surface area contributed by atoms with E-state index in [9.17, 15) is 14.4 Å². The number of rotatable bonds is 6. The Hall–Kier alpha value is -3.59. The summed E-state index contributed by atoms with van der Waals surface area (Å²) in [4.78, 5) is 42.5. The Kier molecular flexibility index (Phi) is 5.75. The molecule has 0 aliphatic carbocycles. The quantitative estimate of drug-likeness (QED) is 0.442. The molecule has 0 saturated carbocycles. The molecule has 1 aliphatic heterocycles. The van der Waals surface area contributed by atoms with Crippen molar-refractivity contribution in [1.29, 1.82) is 0 Å². The number of aryl methyl sites for hydroxylation is 1. The third-order valence-electron chi connectivity index (χ3n) is 5.35. The van der Waals surface area contributed by atoms with Crippen molar-refractivity contribution in [3.63, 3.8) is 0 Å². The number of thioether (sulfide) groups is 1. The second-order valence-corrected chi connectivity index (χ2v) is 8.54. The maximum absolute atomic E-state index is 13.0. The number of para-hydroxylation sites is 1. The predicted molar refractivity (Wildman–Crippen MR) is 121 cm³/mol. The van der Waals surface area contributed by atoms with E-state index in [0.29, 0.717) is 16.3 Å². The number of hydrazine groups is 1. The van der Waals surface area contributed by atoms with Crippen LogP contribution in [0.1, 0.15) is 18.1 Å². The molecular formula is C23H22N4O4S. The molecule has 1 fully saturated rings. The highest BCUT2D eigenvalue weighted by atomic mass is 32.2. The number of benzene rings is 2. The summed E-state index contributed by atoms with van der Waals surface area (Å²) in [6.45, 7) is 3.58. The Morgan fingerprint density at radius 3 is 2.62 bits per heavy atom. The van der Waals surface area contributed by atoms with Crippen molar-refractivity contribution in [3.8, 4) is 5.75 Å². The molecule has 1 saturated heterocycles. The van der Waals surface area contributed by atoms with Gasteiger partial charge in [-0.3, -0.25) is 15.0 Å². The van der Waals surface area contributed by atoms with Gasteiger partial charge in [0.1, 0.15) is 11.3 Å². The van der Waals surface area contributed by atoms with Crippen molar-refractivity contribution >= 4 is 40.5 Å². The summed E-state index contributed by atoms with van der Waals surface area (Å²) >= 11 is 1.24. The molecule has 0 spiro atoms. The monoisotopic (exact) mass is 450 g/mol. The lowest BCUT2D eigenvalue weighted by molar-refractivity contribution is -0.138. The standard InChI is InChI=1S/C23H22N4O4S/c1-14-12-20(24-18-7-5-4-6-17(14)18)32-13-19(28)26-27-21(29)23(2,25-22(27)30)15-8-10-16(31-3)11-9-15/h4-12H,13H2,1-3H3,(H,25,30)(H,26,28). The number of urea groups is 1. The zero-order chi connectivity index (χ0) is 22.9. The summed E-state index contributed by atoms with van der Waals surface area (Å²) in [5, 5.41) is 5.13. The molecule has 2 N–H and O–H groups in total. The highest BCUT2D eigenvalue weighted by molar-refractivity contribution is 7.99. The molecule has 164 valence electrons.